The van der Waals surface area contributed by atoms with Crippen LogP contribution in [0.2, 0.25) is 0 Å². The van der Waals surface area contributed by atoms with E-state index in [0.29, 0.717) is 43.9 Å². The number of hydrogen-bond donors (Lipinski definition) is 1. The standard InChI is InChI=1S/C23H29N5O3S/c1-17(2)18-7-9-19(10-8-18)24-23(29)6-5-15-28-22-12-11-20(16-21(22)25-26-28)32(30,31)27-13-3-4-14-27/h7-12,16-17H,3-6,13-15H2,1-2H3,(H,24,29). The van der Waals surface area contributed by atoms with E-state index in [9.17, 15) is 13.2 Å². The number of carbonyl (C=O) groups excluding carboxylic acids is 1. The van der Waals surface area contributed by atoms with E-state index in [4.69, 9.17) is 0 Å². The molecule has 3 aromatic rings. The summed E-state index contributed by atoms with van der Waals surface area (Å²) in [4.78, 5) is 12.5. The van der Waals surface area contributed by atoms with Crippen LogP contribution in [0, 0.1) is 0 Å². The minimum absolute atomic E-state index is 0.0503. The Morgan fingerprint density at radius 2 is 1.81 bits per heavy atom. The number of rotatable bonds is 8. The number of nitrogens with one attached hydrogen (secondary N) is 1. The molecule has 1 aliphatic heterocycles. The molecule has 4 rings (SSSR count). The van der Waals surface area contributed by atoms with Crippen LogP contribution in [0.5, 0.6) is 0 Å². The van der Waals surface area contributed by atoms with Crippen LogP contribution >= 0.6 is 0 Å². The molecule has 0 spiro atoms. The van der Waals surface area contributed by atoms with Crippen molar-refractivity contribution in [2.75, 3.05) is 18.4 Å². The first-order chi connectivity index (χ1) is 15.3. The fourth-order valence-corrected chi connectivity index (χ4v) is 5.46. The summed E-state index contributed by atoms with van der Waals surface area (Å²) in [6, 6.07) is 12.8. The van der Waals surface area contributed by atoms with Gasteiger partial charge in [-0.2, -0.15) is 4.31 Å². The summed E-state index contributed by atoms with van der Waals surface area (Å²) in [5.41, 5.74) is 3.32. The van der Waals surface area contributed by atoms with Gasteiger partial charge in [-0.15, -0.1) is 5.10 Å². The number of benzene rings is 2. The highest BCUT2D eigenvalue weighted by Crippen LogP contribution is 2.24. The lowest BCUT2D eigenvalue weighted by molar-refractivity contribution is -0.116. The number of aryl methyl sites for hydroxylation is 1. The third kappa shape index (κ3) is 4.83. The van der Waals surface area contributed by atoms with E-state index in [1.54, 1.807) is 22.9 Å². The van der Waals surface area contributed by atoms with Crippen molar-refractivity contribution in [2.45, 2.75) is 56.9 Å². The fraction of sp³-hybridized carbons (Fsp3) is 0.435. The number of aromatic nitrogens is 3. The summed E-state index contributed by atoms with van der Waals surface area (Å²) in [5, 5.41) is 11.2. The second-order valence-corrected chi connectivity index (χ2v) is 10.4. The molecule has 1 aromatic heterocycles. The largest absolute Gasteiger partial charge is 0.326 e. The monoisotopic (exact) mass is 455 g/mol. The zero-order chi connectivity index (χ0) is 22.7. The highest BCUT2D eigenvalue weighted by molar-refractivity contribution is 7.89. The Balaban J connectivity index is 1.35. The van der Waals surface area contributed by atoms with Gasteiger partial charge in [0.1, 0.15) is 5.52 Å². The van der Waals surface area contributed by atoms with Gasteiger partial charge in [-0.25, -0.2) is 13.1 Å². The van der Waals surface area contributed by atoms with Gasteiger partial charge in [0.15, 0.2) is 0 Å². The third-order valence-corrected chi connectivity index (χ3v) is 7.72. The molecule has 0 aliphatic carbocycles. The Hall–Kier alpha value is -2.78. The first-order valence-corrected chi connectivity index (χ1v) is 12.5. The topological polar surface area (TPSA) is 97.2 Å². The third-order valence-electron chi connectivity index (χ3n) is 5.82. The Kier molecular flexibility index (Phi) is 6.57. The summed E-state index contributed by atoms with van der Waals surface area (Å²) in [5.74, 6) is 0.402. The maximum Gasteiger partial charge on any atom is 0.243 e. The molecule has 0 radical (unpaired) electrons. The minimum Gasteiger partial charge on any atom is -0.326 e. The first kappa shape index (κ1) is 22.4. The van der Waals surface area contributed by atoms with E-state index < -0.39 is 10.0 Å². The van der Waals surface area contributed by atoms with Crippen LogP contribution in [-0.4, -0.2) is 46.7 Å². The van der Waals surface area contributed by atoms with Crippen LogP contribution < -0.4 is 5.32 Å². The predicted molar refractivity (Wildman–Crippen MR) is 124 cm³/mol. The van der Waals surface area contributed by atoms with Crippen LogP contribution in [0.4, 0.5) is 5.69 Å². The van der Waals surface area contributed by atoms with E-state index in [0.717, 1.165) is 24.0 Å². The van der Waals surface area contributed by atoms with Crippen LogP contribution in [0.15, 0.2) is 47.4 Å². The molecule has 1 N–H and O–H groups in total. The quantitative estimate of drug-likeness (QED) is 0.558. The normalized spacial score (nSPS) is 15.0. The Morgan fingerprint density at radius 1 is 1.09 bits per heavy atom. The number of hydrogen-bond acceptors (Lipinski definition) is 5. The molecular formula is C23H29N5O3S. The predicted octanol–water partition coefficient (Wildman–Crippen LogP) is 3.76. The van der Waals surface area contributed by atoms with Crippen LogP contribution in [0.1, 0.15) is 51.0 Å². The van der Waals surface area contributed by atoms with Gasteiger partial charge in [0.2, 0.25) is 15.9 Å². The molecule has 1 saturated heterocycles. The lowest BCUT2D eigenvalue weighted by Crippen LogP contribution is -2.27. The first-order valence-electron chi connectivity index (χ1n) is 11.1. The molecule has 1 aliphatic rings. The van der Waals surface area contributed by atoms with Gasteiger partial charge in [0.25, 0.3) is 0 Å². The molecule has 32 heavy (non-hydrogen) atoms. The summed E-state index contributed by atoms with van der Waals surface area (Å²) >= 11 is 0. The maximum absolute atomic E-state index is 12.8. The number of sulfonamides is 1. The molecule has 1 amide bonds. The van der Waals surface area contributed by atoms with Crippen molar-refractivity contribution < 1.29 is 13.2 Å². The second-order valence-electron chi connectivity index (χ2n) is 8.50. The number of fused-ring (bicyclic) bond motifs is 1. The molecule has 1 fully saturated rings. The van der Waals surface area contributed by atoms with Crippen molar-refractivity contribution in [1.82, 2.24) is 19.3 Å². The van der Waals surface area contributed by atoms with E-state index >= 15 is 0 Å². The lowest BCUT2D eigenvalue weighted by atomic mass is 10.0. The number of anilines is 1. The van der Waals surface area contributed by atoms with Gasteiger partial charge in [-0.1, -0.05) is 31.2 Å². The van der Waals surface area contributed by atoms with E-state index in [1.165, 1.54) is 9.87 Å². The Bertz CT molecular complexity index is 1200. The Labute approximate surface area is 188 Å². The maximum atomic E-state index is 12.8. The van der Waals surface area contributed by atoms with Crippen molar-refractivity contribution in [3.8, 4) is 0 Å². The zero-order valence-corrected chi connectivity index (χ0v) is 19.3. The summed E-state index contributed by atoms with van der Waals surface area (Å²) in [6.07, 6.45) is 2.75. The highest BCUT2D eigenvalue weighted by atomic mass is 32.2. The summed E-state index contributed by atoms with van der Waals surface area (Å²) in [6.45, 7) is 5.92. The zero-order valence-electron chi connectivity index (χ0n) is 18.5. The van der Waals surface area contributed by atoms with E-state index in [2.05, 4.69) is 29.5 Å². The van der Waals surface area contributed by atoms with Gasteiger partial charge in [0.05, 0.1) is 10.4 Å². The molecule has 2 aromatic carbocycles. The van der Waals surface area contributed by atoms with Gasteiger partial charge in [-0.05, 0) is 61.1 Å². The lowest BCUT2D eigenvalue weighted by Gasteiger charge is -2.15. The van der Waals surface area contributed by atoms with Crippen LogP contribution in [0.25, 0.3) is 11.0 Å². The average Bonchev–Trinajstić information content (AvgIpc) is 3.45. The van der Waals surface area contributed by atoms with Gasteiger partial charge in [-0.3, -0.25) is 4.79 Å². The molecule has 8 nitrogen and oxygen atoms in total. The van der Waals surface area contributed by atoms with Crippen LogP contribution in [-0.2, 0) is 21.4 Å². The van der Waals surface area contributed by atoms with Crippen molar-refractivity contribution in [3.05, 3.63) is 48.0 Å². The summed E-state index contributed by atoms with van der Waals surface area (Å²) in [7, 11) is -3.48. The fourth-order valence-electron chi connectivity index (χ4n) is 3.92. The van der Waals surface area contributed by atoms with Crippen molar-refractivity contribution in [1.29, 1.82) is 0 Å². The van der Waals surface area contributed by atoms with Crippen molar-refractivity contribution >= 4 is 32.7 Å². The molecule has 2 heterocycles. The highest BCUT2D eigenvalue weighted by Gasteiger charge is 2.27. The SMILES string of the molecule is CC(C)c1ccc(NC(=O)CCCn2nnc3cc(S(=O)(=O)N4CCCC4)ccc32)cc1. The molecule has 0 unspecified atom stereocenters. The van der Waals surface area contributed by atoms with Gasteiger partial charge < -0.3 is 5.32 Å². The molecule has 0 atom stereocenters. The van der Waals surface area contributed by atoms with E-state index in [-0.39, 0.29) is 10.8 Å². The second kappa shape index (κ2) is 9.38. The molecular weight excluding hydrogens is 426 g/mol. The number of amides is 1. The molecule has 9 heteroatoms. The van der Waals surface area contributed by atoms with Crippen molar-refractivity contribution in [3.63, 3.8) is 0 Å². The Morgan fingerprint density at radius 3 is 2.50 bits per heavy atom. The minimum atomic E-state index is -3.48. The summed E-state index contributed by atoms with van der Waals surface area (Å²) < 4.78 is 28.8. The smallest absolute Gasteiger partial charge is 0.243 e. The van der Waals surface area contributed by atoms with E-state index in [1.807, 2.05) is 24.3 Å². The molecule has 170 valence electrons. The van der Waals surface area contributed by atoms with Gasteiger partial charge in [0, 0.05) is 31.7 Å². The van der Waals surface area contributed by atoms with Crippen molar-refractivity contribution in [2.24, 2.45) is 0 Å². The average molecular weight is 456 g/mol. The number of carbonyl (C=O) groups is 1. The molecule has 0 bridgehead atoms. The molecule has 0 saturated carbocycles. The number of nitrogens with zero attached hydrogens (tertiary/aromatic N) is 4. The van der Waals surface area contributed by atoms with Crippen LogP contribution in [0.3, 0.4) is 0 Å². The van der Waals surface area contributed by atoms with Gasteiger partial charge >= 0.3 is 0 Å².